The van der Waals surface area contributed by atoms with Gasteiger partial charge in [-0.1, -0.05) is 11.6 Å². The fraction of sp³-hybridized carbons (Fsp3) is 0.222. The van der Waals surface area contributed by atoms with Crippen LogP contribution in [0.25, 0.3) is 0 Å². The molecule has 2 amide bonds. The highest BCUT2D eigenvalue weighted by atomic mass is 35.5. The van der Waals surface area contributed by atoms with Crippen molar-refractivity contribution in [1.29, 1.82) is 0 Å². The second-order valence-corrected chi connectivity index (χ2v) is 6.16. The lowest BCUT2D eigenvalue weighted by atomic mass is 10.0. The highest BCUT2D eigenvalue weighted by molar-refractivity contribution is 6.31. The van der Waals surface area contributed by atoms with Crippen molar-refractivity contribution in [3.05, 3.63) is 63.7 Å². The largest absolute Gasteiger partial charge is 0.441 e. The number of hydrogen-bond acceptors (Lipinski definition) is 3. The number of halogens is 3. The van der Waals surface area contributed by atoms with Crippen LogP contribution in [0.3, 0.4) is 0 Å². The number of ether oxygens (including phenoxy) is 1. The van der Waals surface area contributed by atoms with Gasteiger partial charge in [-0.2, -0.15) is 0 Å². The molecule has 0 aromatic heterocycles. The van der Waals surface area contributed by atoms with E-state index in [4.69, 9.17) is 16.3 Å². The first-order valence-electron chi connectivity index (χ1n) is 7.86. The first-order chi connectivity index (χ1) is 12.4. The van der Waals surface area contributed by atoms with Crippen molar-refractivity contribution < 1.29 is 23.1 Å². The van der Waals surface area contributed by atoms with Crippen LogP contribution in [0.5, 0.6) is 0 Å². The smallest absolute Gasteiger partial charge is 0.407 e. The van der Waals surface area contributed by atoms with Gasteiger partial charge in [0, 0.05) is 23.9 Å². The van der Waals surface area contributed by atoms with E-state index in [0.29, 0.717) is 24.1 Å². The number of carbonyl (C=O) groups is 2. The second kappa shape index (κ2) is 7.29. The van der Waals surface area contributed by atoms with Gasteiger partial charge in [0.1, 0.15) is 17.7 Å². The Labute approximate surface area is 153 Å². The Kier molecular flexibility index (Phi) is 5.08. The van der Waals surface area contributed by atoms with Gasteiger partial charge in [0.15, 0.2) is 0 Å². The molecule has 0 fully saturated rings. The number of benzene rings is 2. The summed E-state index contributed by atoms with van der Waals surface area (Å²) < 4.78 is 32.7. The molecule has 2 aromatic carbocycles. The predicted octanol–water partition coefficient (Wildman–Crippen LogP) is 4.21. The number of anilines is 1. The van der Waals surface area contributed by atoms with E-state index in [1.54, 1.807) is 0 Å². The molecule has 2 N–H and O–H groups in total. The van der Waals surface area contributed by atoms with Gasteiger partial charge in [-0.25, -0.2) is 13.6 Å². The SMILES string of the molecule is CNC(=O)O[C@H]1CCc2c(C(=O)Nc3ccc(F)c(Cl)c3)ccc(F)c21. The Balaban J connectivity index is 1.88. The monoisotopic (exact) mass is 380 g/mol. The third-order valence-electron chi connectivity index (χ3n) is 4.16. The predicted molar refractivity (Wildman–Crippen MR) is 92.4 cm³/mol. The van der Waals surface area contributed by atoms with Gasteiger partial charge in [-0.3, -0.25) is 4.79 Å². The van der Waals surface area contributed by atoms with Crippen molar-refractivity contribution in [2.45, 2.75) is 18.9 Å². The first kappa shape index (κ1) is 18.1. The summed E-state index contributed by atoms with van der Waals surface area (Å²) in [4.78, 5) is 24.0. The molecule has 1 aliphatic carbocycles. The minimum atomic E-state index is -0.752. The van der Waals surface area contributed by atoms with Gasteiger partial charge in [-0.05, 0) is 48.7 Å². The van der Waals surface area contributed by atoms with Crippen LogP contribution in [0.1, 0.15) is 34.0 Å². The maximum atomic E-state index is 14.3. The van der Waals surface area contributed by atoms with E-state index in [0.717, 1.165) is 12.1 Å². The fourth-order valence-corrected chi connectivity index (χ4v) is 3.14. The Morgan fingerprint density at radius 3 is 2.62 bits per heavy atom. The molecule has 1 aliphatic rings. The summed E-state index contributed by atoms with van der Waals surface area (Å²) in [6.07, 6.45) is -0.648. The van der Waals surface area contributed by atoms with Crippen molar-refractivity contribution in [2.75, 3.05) is 12.4 Å². The van der Waals surface area contributed by atoms with Crippen molar-refractivity contribution >= 4 is 29.3 Å². The summed E-state index contributed by atoms with van der Waals surface area (Å²) >= 11 is 5.71. The topological polar surface area (TPSA) is 67.4 Å². The van der Waals surface area contributed by atoms with E-state index in [1.165, 1.54) is 25.2 Å². The number of hydrogen-bond donors (Lipinski definition) is 2. The van der Waals surface area contributed by atoms with E-state index in [2.05, 4.69) is 10.6 Å². The molecule has 0 aliphatic heterocycles. The molecule has 136 valence electrons. The summed E-state index contributed by atoms with van der Waals surface area (Å²) in [6.45, 7) is 0. The van der Waals surface area contributed by atoms with E-state index >= 15 is 0 Å². The minimum absolute atomic E-state index is 0.119. The summed E-state index contributed by atoms with van der Waals surface area (Å²) in [5.74, 6) is -1.61. The van der Waals surface area contributed by atoms with Crippen LogP contribution < -0.4 is 10.6 Å². The number of nitrogens with one attached hydrogen (secondary N) is 2. The Hall–Kier alpha value is -2.67. The lowest BCUT2D eigenvalue weighted by molar-refractivity contribution is 0.0984. The van der Waals surface area contributed by atoms with Crippen LogP contribution in [0, 0.1) is 11.6 Å². The van der Waals surface area contributed by atoms with E-state index in [-0.39, 0.29) is 16.1 Å². The molecule has 2 aromatic rings. The number of amides is 2. The van der Waals surface area contributed by atoms with Crippen molar-refractivity contribution in [3.63, 3.8) is 0 Å². The zero-order valence-electron chi connectivity index (χ0n) is 13.7. The van der Waals surface area contributed by atoms with Crippen LogP contribution >= 0.6 is 11.6 Å². The molecule has 26 heavy (non-hydrogen) atoms. The molecule has 0 unspecified atom stereocenters. The van der Waals surface area contributed by atoms with Crippen molar-refractivity contribution in [1.82, 2.24) is 5.32 Å². The molecule has 0 spiro atoms. The number of rotatable bonds is 3. The standard InChI is InChI=1S/C18H15ClF2N2O3/c1-22-18(25)26-15-7-4-10-11(3-6-14(21)16(10)15)17(24)23-9-2-5-13(20)12(19)8-9/h2-3,5-6,8,15H,4,7H2,1H3,(H,22,25)(H,23,24)/t15-/m0/s1. The number of fused-ring (bicyclic) bond motifs is 1. The average molecular weight is 381 g/mol. The minimum Gasteiger partial charge on any atom is -0.441 e. The quantitative estimate of drug-likeness (QED) is 0.838. The lowest BCUT2D eigenvalue weighted by Gasteiger charge is -2.15. The van der Waals surface area contributed by atoms with Gasteiger partial charge in [0.05, 0.1) is 5.02 Å². The van der Waals surface area contributed by atoms with Crippen LogP contribution in [-0.2, 0) is 11.2 Å². The molecular weight excluding hydrogens is 366 g/mol. The summed E-state index contributed by atoms with van der Waals surface area (Å²) in [7, 11) is 1.41. The average Bonchev–Trinajstić information content (AvgIpc) is 3.02. The molecule has 0 bridgehead atoms. The van der Waals surface area contributed by atoms with Gasteiger partial charge >= 0.3 is 6.09 Å². The molecular formula is C18H15ClF2N2O3. The van der Waals surface area contributed by atoms with Gasteiger partial charge in [0.2, 0.25) is 0 Å². The number of alkyl carbamates (subject to hydrolysis) is 1. The van der Waals surface area contributed by atoms with E-state index in [1.807, 2.05) is 0 Å². The molecule has 0 saturated carbocycles. The van der Waals surface area contributed by atoms with Crippen molar-refractivity contribution in [3.8, 4) is 0 Å². The zero-order chi connectivity index (χ0) is 18.8. The third-order valence-corrected chi connectivity index (χ3v) is 4.45. The summed E-state index contributed by atoms with van der Waals surface area (Å²) in [5, 5.41) is 4.81. The summed E-state index contributed by atoms with van der Waals surface area (Å²) in [6, 6.07) is 6.34. The molecule has 5 nitrogen and oxygen atoms in total. The maximum absolute atomic E-state index is 14.3. The van der Waals surface area contributed by atoms with E-state index in [9.17, 15) is 18.4 Å². The van der Waals surface area contributed by atoms with Crippen LogP contribution in [0.2, 0.25) is 5.02 Å². The lowest BCUT2D eigenvalue weighted by Crippen LogP contribution is -2.21. The molecule has 0 saturated heterocycles. The van der Waals surface area contributed by atoms with Gasteiger partial charge < -0.3 is 15.4 Å². The Bertz CT molecular complexity index is 889. The van der Waals surface area contributed by atoms with Crippen LogP contribution in [0.15, 0.2) is 30.3 Å². The zero-order valence-corrected chi connectivity index (χ0v) is 14.5. The molecule has 0 heterocycles. The highest BCUT2D eigenvalue weighted by Gasteiger charge is 2.32. The van der Waals surface area contributed by atoms with Crippen molar-refractivity contribution in [2.24, 2.45) is 0 Å². The molecule has 3 rings (SSSR count). The Morgan fingerprint density at radius 2 is 1.92 bits per heavy atom. The number of carbonyl (C=O) groups excluding carboxylic acids is 2. The fourth-order valence-electron chi connectivity index (χ4n) is 2.96. The summed E-state index contributed by atoms with van der Waals surface area (Å²) in [5.41, 5.74) is 1.28. The Morgan fingerprint density at radius 1 is 1.19 bits per heavy atom. The third kappa shape index (κ3) is 3.48. The second-order valence-electron chi connectivity index (χ2n) is 5.75. The molecule has 0 radical (unpaired) electrons. The van der Waals surface area contributed by atoms with Crippen LogP contribution in [-0.4, -0.2) is 19.0 Å². The molecule has 1 atom stereocenters. The maximum Gasteiger partial charge on any atom is 0.407 e. The van der Waals surface area contributed by atoms with Gasteiger partial charge in [0.25, 0.3) is 5.91 Å². The molecule has 8 heteroatoms. The highest BCUT2D eigenvalue weighted by Crippen LogP contribution is 2.38. The van der Waals surface area contributed by atoms with E-state index < -0.39 is 29.7 Å². The normalized spacial score (nSPS) is 15.3. The first-order valence-corrected chi connectivity index (χ1v) is 8.24. The van der Waals surface area contributed by atoms with Crippen LogP contribution in [0.4, 0.5) is 19.3 Å². The van der Waals surface area contributed by atoms with Gasteiger partial charge in [-0.15, -0.1) is 0 Å².